The van der Waals surface area contributed by atoms with Crippen LogP contribution >= 0.6 is 0 Å². The Labute approximate surface area is 165 Å². The number of halogens is 2. The highest BCUT2D eigenvalue weighted by Gasteiger charge is 2.69. The zero-order valence-electron chi connectivity index (χ0n) is 15.6. The molecule has 0 spiro atoms. The number of aliphatic hydroxyl groups is 1. The number of tetrazole rings is 1. The number of hydrogen-bond donors (Lipinski definition) is 2. The fourth-order valence-electron chi connectivity index (χ4n) is 5.55. The first-order valence-corrected chi connectivity index (χ1v) is 9.50. The lowest BCUT2D eigenvalue weighted by Crippen LogP contribution is -2.66. The number of benzene rings is 2. The number of aromatic hydroxyl groups is 1. The molecule has 0 amide bonds. The van der Waals surface area contributed by atoms with E-state index >= 15 is 0 Å². The average Bonchev–Trinajstić information content (AvgIpc) is 3.10. The lowest BCUT2D eigenvalue weighted by atomic mass is 9.32. The third kappa shape index (κ3) is 2.90. The van der Waals surface area contributed by atoms with Crippen LogP contribution in [-0.2, 0) is 17.6 Å². The molecular formula is C21H20F2N4O2. The van der Waals surface area contributed by atoms with Gasteiger partial charge in [-0.15, -0.1) is 5.10 Å². The predicted molar refractivity (Wildman–Crippen MR) is 98.8 cm³/mol. The average molecular weight is 398 g/mol. The molecule has 0 aliphatic heterocycles. The Kier molecular flexibility index (Phi) is 3.80. The Balaban J connectivity index is 1.41. The fraction of sp³-hybridized carbons (Fsp3) is 0.381. The van der Waals surface area contributed by atoms with E-state index in [0.717, 1.165) is 31.4 Å². The van der Waals surface area contributed by atoms with Gasteiger partial charge in [0.25, 0.3) is 0 Å². The van der Waals surface area contributed by atoms with Crippen molar-refractivity contribution < 1.29 is 19.0 Å². The quantitative estimate of drug-likeness (QED) is 0.667. The van der Waals surface area contributed by atoms with Crippen molar-refractivity contribution in [3.63, 3.8) is 0 Å². The summed E-state index contributed by atoms with van der Waals surface area (Å²) in [6.45, 7) is -0.0173. The maximum atomic E-state index is 14.6. The van der Waals surface area contributed by atoms with Gasteiger partial charge >= 0.3 is 0 Å². The van der Waals surface area contributed by atoms with Gasteiger partial charge < -0.3 is 10.2 Å². The summed E-state index contributed by atoms with van der Waals surface area (Å²) < 4.78 is 29.4. The molecule has 1 heterocycles. The number of hydrogen-bond acceptors (Lipinski definition) is 5. The van der Waals surface area contributed by atoms with Crippen LogP contribution in [0.25, 0.3) is 0 Å². The van der Waals surface area contributed by atoms with Gasteiger partial charge in [-0.25, -0.2) is 13.5 Å². The zero-order chi connectivity index (χ0) is 20.3. The van der Waals surface area contributed by atoms with E-state index in [9.17, 15) is 19.0 Å². The largest absolute Gasteiger partial charge is 0.508 e. The number of nitrogens with zero attached hydrogens (tertiary/aromatic N) is 4. The van der Waals surface area contributed by atoms with Crippen molar-refractivity contribution in [1.82, 2.24) is 20.2 Å². The first-order chi connectivity index (χ1) is 13.8. The molecule has 2 bridgehead atoms. The van der Waals surface area contributed by atoms with Gasteiger partial charge in [-0.2, -0.15) is 0 Å². The monoisotopic (exact) mass is 398 g/mol. The molecule has 1 aromatic heterocycles. The van der Waals surface area contributed by atoms with Crippen LogP contribution in [0.15, 0.2) is 48.8 Å². The molecule has 0 radical (unpaired) electrons. The van der Waals surface area contributed by atoms with Gasteiger partial charge in [-0.1, -0.05) is 18.2 Å². The zero-order valence-corrected chi connectivity index (χ0v) is 15.6. The highest BCUT2D eigenvalue weighted by Crippen LogP contribution is 2.76. The maximum Gasteiger partial charge on any atom is 0.138 e. The van der Waals surface area contributed by atoms with E-state index < -0.39 is 17.2 Å². The molecule has 6 nitrogen and oxygen atoms in total. The predicted octanol–water partition coefficient (Wildman–Crippen LogP) is 3.06. The minimum absolute atomic E-state index is 0.0173. The molecule has 6 rings (SSSR count). The van der Waals surface area contributed by atoms with E-state index in [2.05, 4.69) is 15.5 Å². The summed E-state index contributed by atoms with van der Waals surface area (Å²) >= 11 is 0. The van der Waals surface area contributed by atoms with E-state index in [4.69, 9.17) is 0 Å². The number of phenols is 1. The summed E-state index contributed by atoms with van der Waals surface area (Å²) in [6.07, 6.45) is 4.34. The van der Waals surface area contributed by atoms with E-state index in [1.165, 1.54) is 22.6 Å². The van der Waals surface area contributed by atoms with Crippen LogP contribution < -0.4 is 0 Å². The topological polar surface area (TPSA) is 84.1 Å². The van der Waals surface area contributed by atoms with Gasteiger partial charge in [-0.05, 0) is 70.7 Å². The van der Waals surface area contributed by atoms with Crippen molar-refractivity contribution in [2.45, 2.75) is 43.2 Å². The second kappa shape index (κ2) is 6.06. The lowest BCUT2D eigenvalue weighted by Gasteiger charge is -2.72. The minimum atomic E-state index is -1.56. The van der Waals surface area contributed by atoms with Crippen molar-refractivity contribution in [2.24, 2.45) is 5.41 Å². The van der Waals surface area contributed by atoms with Gasteiger partial charge in [0, 0.05) is 11.6 Å². The van der Waals surface area contributed by atoms with Gasteiger partial charge in [0.2, 0.25) is 0 Å². The molecule has 150 valence electrons. The normalized spacial score (nSPS) is 27.0. The number of rotatable bonds is 6. The lowest BCUT2D eigenvalue weighted by molar-refractivity contribution is -0.188. The van der Waals surface area contributed by atoms with Gasteiger partial charge in [0.15, 0.2) is 0 Å². The third-order valence-electron chi connectivity index (χ3n) is 6.53. The molecule has 3 saturated carbocycles. The Morgan fingerprint density at radius 2 is 1.79 bits per heavy atom. The SMILES string of the molecule is Oc1ccc(C23CC(CC(O)(Cn4cnnn4)c4ccc(F)cc4F)(C2)C3)cc1. The van der Waals surface area contributed by atoms with Crippen molar-refractivity contribution in [3.8, 4) is 5.75 Å². The molecule has 3 aliphatic carbocycles. The summed E-state index contributed by atoms with van der Waals surface area (Å²) in [5, 5.41) is 32.0. The first-order valence-electron chi connectivity index (χ1n) is 9.50. The summed E-state index contributed by atoms with van der Waals surface area (Å²) in [4.78, 5) is 0. The minimum Gasteiger partial charge on any atom is -0.508 e. The molecule has 3 aromatic rings. The highest BCUT2D eigenvalue weighted by molar-refractivity contribution is 5.41. The fourth-order valence-corrected chi connectivity index (χ4v) is 5.55. The summed E-state index contributed by atoms with van der Waals surface area (Å²) in [6, 6.07) is 10.5. The molecule has 1 atom stereocenters. The summed E-state index contributed by atoms with van der Waals surface area (Å²) in [7, 11) is 0. The first kappa shape index (κ1) is 18.2. The molecule has 2 N–H and O–H groups in total. The van der Waals surface area contributed by atoms with E-state index in [1.54, 1.807) is 12.1 Å². The third-order valence-corrected chi connectivity index (χ3v) is 6.53. The van der Waals surface area contributed by atoms with Crippen molar-refractivity contribution in [2.75, 3.05) is 0 Å². The van der Waals surface area contributed by atoms with E-state index in [-0.39, 0.29) is 28.7 Å². The van der Waals surface area contributed by atoms with Gasteiger partial charge in [0.1, 0.15) is 29.3 Å². The molecule has 3 fully saturated rings. The number of phenolic OH excluding ortho intramolecular Hbond substituents is 1. The van der Waals surface area contributed by atoms with Crippen molar-refractivity contribution in [1.29, 1.82) is 0 Å². The van der Waals surface area contributed by atoms with Gasteiger partial charge in [-0.3, -0.25) is 0 Å². The molecule has 2 aromatic carbocycles. The van der Waals surface area contributed by atoms with Crippen LogP contribution in [0.1, 0.15) is 36.8 Å². The molecular weight excluding hydrogens is 378 g/mol. The summed E-state index contributed by atoms with van der Waals surface area (Å²) in [5.41, 5.74) is -0.382. The van der Waals surface area contributed by atoms with Crippen molar-refractivity contribution >= 4 is 0 Å². The van der Waals surface area contributed by atoms with Crippen LogP contribution in [0, 0.1) is 17.0 Å². The second-order valence-electron chi connectivity index (χ2n) is 8.70. The Morgan fingerprint density at radius 1 is 1.07 bits per heavy atom. The molecule has 0 saturated heterocycles. The molecule has 8 heteroatoms. The molecule has 3 aliphatic rings. The van der Waals surface area contributed by atoms with Crippen LogP contribution in [0.5, 0.6) is 5.75 Å². The smallest absolute Gasteiger partial charge is 0.138 e. The summed E-state index contributed by atoms with van der Waals surface area (Å²) in [5.74, 6) is -1.23. The second-order valence-corrected chi connectivity index (χ2v) is 8.70. The van der Waals surface area contributed by atoms with Crippen LogP contribution in [0.2, 0.25) is 0 Å². The maximum absolute atomic E-state index is 14.6. The van der Waals surface area contributed by atoms with Crippen molar-refractivity contribution in [3.05, 3.63) is 71.6 Å². The van der Waals surface area contributed by atoms with E-state index in [1.807, 2.05) is 12.1 Å². The van der Waals surface area contributed by atoms with Crippen LogP contribution in [0.3, 0.4) is 0 Å². The Bertz CT molecular complexity index is 1040. The van der Waals surface area contributed by atoms with Gasteiger partial charge in [0.05, 0.1) is 6.54 Å². The Morgan fingerprint density at radius 3 is 2.41 bits per heavy atom. The van der Waals surface area contributed by atoms with E-state index in [0.29, 0.717) is 6.42 Å². The standard InChI is InChI=1S/C21H20F2N4O2/c22-15-3-6-17(18(23)7-15)21(29,12-27-13-24-25-26-27)11-19-8-20(9-19,10-19)14-1-4-16(28)5-2-14/h1-7,13,28-29H,8-12H2. The van der Waals surface area contributed by atoms with Crippen LogP contribution in [0.4, 0.5) is 8.78 Å². The Hall–Kier alpha value is -2.87. The molecule has 29 heavy (non-hydrogen) atoms. The molecule has 1 unspecified atom stereocenters. The van der Waals surface area contributed by atoms with Crippen LogP contribution in [-0.4, -0.2) is 30.4 Å². The highest BCUT2D eigenvalue weighted by atomic mass is 19.1. The number of aromatic nitrogens is 4.